The Kier molecular flexibility index (Phi) is 5.17. The molecule has 9 nitrogen and oxygen atoms in total. The average molecular weight is 482 g/mol. The van der Waals surface area contributed by atoms with Crippen LogP contribution >= 0.6 is 11.6 Å². The molecule has 1 amide bonds. The van der Waals surface area contributed by atoms with Gasteiger partial charge in [0, 0.05) is 16.7 Å². The maximum atomic E-state index is 13.6. The van der Waals surface area contributed by atoms with Gasteiger partial charge in [-0.15, -0.1) is 0 Å². The van der Waals surface area contributed by atoms with Crippen LogP contribution < -0.4 is 10.9 Å². The highest BCUT2D eigenvalue weighted by Crippen LogP contribution is 2.20. The standard InChI is InChI=1S/C22H14ClF2N7O2/c1-11-7-18(27-20(33)12-5-6-16(24)17(25)8-12)32(30-11)22-28-19-15(21(34)29-22)10-26-31(19)14-4-2-3-13(23)9-14/h2-10H,1H3,(H,27,33)(H,28,29,34). The summed E-state index contributed by atoms with van der Waals surface area (Å²) in [4.78, 5) is 32.5. The van der Waals surface area contributed by atoms with Gasteiger partial charge in [-0.25, -0.2) is 13.5 Å². The van der Waals surface area contributed by atoms with Crippen molar-refractivity contribution >= 4 is 34.4 Å². The number of benzene rings is 2. The smallest absolute Gasteiger partial charge is 0.263 e. The lowest BCUT2D eigenvalue weighted by Crippen LogP contribution is -2.19. The summed E-state index contributed by atoms with van der Waals surface area (Å²) in [5.74, 6) is -2.75. The number of aryl methyl sites for hydroxylation is 1. The molecule has 3 aromatic heterocycles. The highest BCUT2D eigenvalue weighted by molar-refractivity contribution is 6.30. The van der Waals surface area contributed by atoms with Gasteiger partial charge in [0.15, 0.2) is 17.3 Å². The van der Waals surface area contributed by atoms with Crippen molar-refractivity contribution in [3.63, 3.8) is 0 Å². The molecular weight excluding hydrogens is 468 g/mol. The van der Waals surface area contributed by atoms with Crippen LogP contribution in [0, 0.1) is 18.6 Å². The zero-order valence-electron chi connectivity index (χ0n) is 17.4. The van der Waals surface area contributed by atoms with Gasteiger partial charge in [-0.05, 0) is 43.3 Å². The van der Waals surface area contributed by atoms with Crippen molar-refractivity contribution < 1.29 is 13.6 Å². The summed E-state index contributed by atoms with van der Waals surface area (Å²) in [6.45, 7) is 1.68. The van der Waals surface area contributed by atoms with E-state index < -0.39 is 23.1 Å². The van der Waals surface area contributed by atoms with Gasteiger partial charge in [0.05, 0.1) is 17.6 Å². The van der Waals surface area contributed by atoms with Crippen LogP contribution in [0.25, 0.3) is 22.7 Å². The van der Waals surface area contributed by atoms with E-state index in [9.17, 15) is 18.4 Å². The predicted octanol–water partition coefficient (Wildman–Crippen LogP) is 3.79. The molecule has 0 bridgehead atoms. The van der Waals surface area contributed by atoms with E-state index in [1.807, 2.05) is 0 Å². The van der Waals surface area contributed by atoms with E-state index in [1.165, 1.54) is 21.6 Å². The zero-order chi connectivity index (χ0) is 24.0. The molecule has 0 radical (unpaired) electrons. The van der Waals surface area contributed by atoms with E-state index in [0.29, 0.717) is 16.4 Å². The number of carbonyl (C=O) groups is 1. The maximum absolute atomic E-state index is 13.6. The monoisotopic (exact) mass is 481 g/mol. The number of halogens is 3. The van der Waals surface area contributed by atoms with Gasteiger partial charge in [0.25, 0.3) is 11.5 Å². The Balaban J connectivity index is 1.58. The number of hydrogen-bond donors (Lipinski definition) is 2. The SMILES string of the molecule is Cc1cc(NC(=O)c2ccc(F)c(F)c2)n(-c2nc3c(cnn3-c3cccc(Cl)c3)c(=O)[nH]2)n1. The summed E-state index contributed by atoms with van der Waals surface area (Å²) in [7, 11) is 0. The van der Waals surface area contributed by atoms with Gasteiger partial charge < -0.3 is 5.32 Å². The number of nitrogens with zero attached hydrogens (tertiary/aromatic N) is 5. The van der Waals surface area contributed by atoms with Crippen LogP contribution in [0.2, 0.25) is 5.02 Å². The highest BCUT2D eigenvalue weighted by atomic mass is 35.5. The summed E-state index contributed by atoms with van der Waals surface area (Å²) >= 11 is 6.08. The summed E-state index contributed by atoms with van der Waals surface area (Å²) in [5.41, 5.74) is 0.772. The van der Waals surface area contributed by atoms with Gasteiger partial charge in [-0.2, -0.15) is 19.9 Å². The molecule has 0 spiro atoms. The summed E-state index contributed by atoms with van der Waals surface area (Å²) in [5, 5.41) is 11.8. The Hall–Kier alpha value is -4.38. The molecule has 0 aliphatic carbocycles. The maximum Gasteiger partial charge on any atom is 0.263 e. The zero-order valence-corrected chi connectivity index (χ0v) is 18.1. The molecule has 5 rings (SSSR count). The number of H-pyrrole nitrogens is 1. The molecular formula is C22H14ClF2N7O2. The molecule has 0 atom stereocenters. The van der Waals surface area contributed by atoms with Crippen LogP contribution in [-0.2, 0) is 0 Å². The Morgan fingerprint density at radius 1 is 1.09 bits per heavy atom. The van der Waals surface area contributed by atoms with Crippen molar-refractivity contribution in [3.8, 4) is 11.6 Å². The minimum atomic E-state index is -1.15. The van der Waals surface area contributed by atoms with Crippen LogP contribution in [-0.4, -0.2) is 35.4 Å². The van der Waals surface area contributed by atoms with Crippen molar-refractivity contribution in [2.45, 2.75) is 6.92 Å². The number of hydrogen-bond acceptors (Lipinski definition) is 5. The Morgan fingerprint density at radius 2 is 1.91 bits per heavy atom. The number of amides is 1. The number of rotatable bonds is 4. The molecule has 3 heterocycles. The van der Waals surface area contributed by atoms with Gasteiger partial charge in [-0.3, -0.25) is 14.6 Å². The van der Waals surface area contributed by atoms with E-state index in [-0.39, 0.29) is 28.4 Å². The molecule has 12 heteroatoms. The van der Waals surface area contributed by atoms with Gasteiger partial charge in [-0.1, -0.05) is 17.7 Å². The van der Waals surface area contributed by atoms with E-state index in [0.717, 1.165) is 18.2 Å². The van der Waals surface area contributed by atoms with Gasteiger partial charge in [0.2, 0.25) is 5.95 Å². The summed E-state index contributed by atoms with van der Waals surface area (Å²) in [6, 6.07) is 11.2. The minimum absolute atomic E-state index is 0.00923. The third kappa shape index (κ3) is 3.82. The molecule has 0 unspecified atom stereocenters. The fraction of sp³-hybridized carbons (Fsp3) is 0.0455. The lowest BCUT2D eigenvalue weighted by molar-refractivity contribution is 0.102. The van der Waals surface area contributed by atoms with Crippen molar-refractivity contribution in [2.24, 2.45) is 0 Å². The van der Waals surface area contributed by atoms with Crippen molar-refractivity contribution in [1.29, 1.82) is 0 Å². The number of carbonyl (C=O) groups excluding carboxylic acids is 1. The second-order valence-electron chi connectivity index (χ2n) is 7.33. The Labute approximate surface area is 194 Å². The van der Waals surface area contributed by atoms with Crippen LogP contribution in [0.4, 0.5) is 14.6 Å². The molecule has 0 saturated heterocycles. The minimum Gasteiger partial charge on any atom is -0.306 e. The number of aromatic nitrogens is 6. The fourth-order valence-corrected chi connectivity index (χ4v) is 3.56. The first kappa shape index (κ1) is 21.5. The van der Waals surface area contributed by atoms with Gasteiger partial charge in [0.1, 0.15) is 11.2 Å². The highest BCUT2D eigenvalue weighted by Gasteiger charge is 2.18. The molecule has 0 saturated carbocycles. The van der Waals surface area contributed by atoms with Gasteiger partial charge >= 0.3 is 0 Å². The Morgan fingerprint density at radius 3 is 2.68 bits per heavy atom. The lowest BCUT2D eigenvalue weighted by atomic mass is 10.2. The van der Waals surface area contributed by atoms with Crippen molar-refractivity contribution in [1.82, 2.24) is 29.5 Å². The number of fused-ring (bicyclic) bond motifs is 1. The van der Waals surface area contributed by atoms with Crippen LogP contribution in [0.15, 0.2) is 59.5 Å². The first-order valence-electron chi connectivity index (χ1n) is 9.87. The fourth-order valence-electron chi connectivity index (χ4n) is 3.38. The molecule has 5 aromatic rings. The quantitative estimate of drug-likeness (QED) is 0.406. The number of anilines is 1. The third-order valence-electron chi connectivity index (χ3n) is 4.93. The molecule has 0 aliphatic rings. The third-order valence-corrected chi connectivity index (χ3v) is 5.17. The largest absolute Gasteiger partial charge is 0.306 e. The normalized spacial score (nSPS) is 11.2. The molecule has 2 aromatic carbocycles. The average Bonchev–Trinajstić information content (AvgIpc) is 3.39. The molecule has 0 aliphatic heterocycles. The van der Waals surface area contributed by atoms with E-state index >= 15 is 0 Å². The molecule has 2 N–H and O–H groups in total. The lowest BCUT2D eigenvalue weighted by Gasteiger charge is -2.09. The van der Waals surface area contributed by atoms with Crippen LogP contribution in [0.1, 0.15) is 16.1 Å². The topological polar surface area (TPSA) is 110 Å². The van der Waals surface area contributed by atoms with E-state index in [1.54, 1.807) is 31.2 Å². The summed E-state index contributed by atoms with van der Waals surface area (Å²) in [6.07, 6.45) is 1.38. The second kappa shape index (κ2) is 8.19. The Bertz CT molecular complexity index is 1640. The first-order chi connectivity index (χ1) is 16.3. The molecule has 0 fully saturated rings. The predicted molar refractivity (Wildman–Crippen MR) is 121 cm³/mol. The van der Waals surface area contributed by atoms with E-state index in [2.05, 4.69) is 25.5 Å². The van der Waals surface area contributed by atoms with Crippen LogP contribution in [0.3, 0.4) is 0 Å². The van der Waals surface area contributed by atoms with Crippen LogP contribution in [0.5, 0.6) is 0 Å². The molecule has 34 heavy (non-hydrogen) atoms. The second-order valence-corrected chi connectivity index (χ2v) is 7.77. The number of nitrogens with one attached hydrogen (secondary N) is 2. The summed E-state index contributed by atoms with van der Waals surface area (Å²) < 4.78 is 29.4. The van der Waals surface area contributed by atoms with Crippen molar-refractivity contribution in [3.05, 3.63) is 93.0 Å². The first-order valence-corrected chi connectivity index (χ1v) is 10.3. The van der Waals surface area contributed by atoms with Crippen molar-refractivity contribution in [2.75, 3.05) is 5.32 Å². The van der Waals surface area contributed by atoms with E-state index in [4.69, 9.17) is 11.6 Å². The number of aromatic amines is 1. The molecule has 170 valence electrons.